The summed E-state index contributed by atoms with van der Waals surface area (Å²) in [6.07, 6.45) is 1.39. The molecule has 1 aromatic carbocycles. The Morgan fingerprint density at radius 3 is 2.33 bits per heavy atom. The topological polar surface area (TPSA) is 46.5 Å². The van der Waals surface area contributed by atoms with Crippen molar-refractivity contribution in [3.8, 4) is 0 Å². The molecule has 0 amide bonds. The summed E-state index contributed by atoms with van der Waals surface area (Å²) in [5.74, 6) is 0.638. The van der Waals surface area contributed by atoms with Crippen molar-refractivity contribution in [1.82, 2.24) is 0 Å². The maximum atomic E-state index is 8.36. The van der Waals surface area contributed by atoms with E-state index in [1.54, 1.807) is 0 Å². The molecule has 2 unspecified atom stereocenters. The first-order chi connectivity index (χ1) is 8.60. The van der Waals surface area contributed by atoms with Crippen LogP contribution < -0.4 is 0 Å². The molecule has 3 nitrogen and oxygen atoms in total. The van der Waals surface area contributed by atoms with Crippen molar-refractivity contribution in [3.05, 3.63) is 35.4 Å². The van der Waals surface area contributed by atoms with Crippen molar-refractivity contribution in [2.75, 3.05) is 6.61 Å². The van der Waals surface area contributed by atoms with E-state index in [0.717, 1.165) is 6.61 Å². The summed E-state index contributed by atoms with van der Waals surface area (Å²) >= 11 is 0. The molecule has 102 valence electrons. The van der Waals surface area contributed by atoms with Gasteiger partial charge in [-0.15, -0.1) is 0 Å². The first-order valence-corrected chi connectivity index (χ1v) is 6.39. The van der Waals surface area contributed by atoms with E-state index >= 15 is 0 Å². The molecule has 0 aliphatic carbocycles. The lowest BCUT2D eigenvalue weighted by Crippen LogP contribution is -2.01. The van der Waals surface area contributed by atoms with E-state index in [9.17, 15) is 0 Å². The molecule has 1 N–H and O–H groups in total. The highest BCUT2D eigenvalue weighted by Gasteiger charge is 2.08. The van der Waals surface area contributed by atoms with E-state index in [4.69, 9.17) is 14.6 Å². The van der Waals surface area contributed by atoms with Gasteiger partial charge in [0.15, 0.2) is 0 Å². The Kier molecular flexibility index (Phi) is 8.93. The zero-order valence-corrected chi connectivity index (χ0v) is 11.7. The van der Waals surface area contributed by atoms with Crippen LogP contribution >= 0.6 is 0 Å². The highest BCUT2D eigenvalue weighted by atomic mass is 16.5. The zero-order valence-electron chi connectivity index (χ0n) is 11.7. The molecule has 0 radical (unpaired) electrons. The van der Waals surface area contributed by atoms with Gasteiger partial charge in [0.05, 0.1) is 6.10 Å². The lowest BCUT2D eigenvalue weighted by molar-refractivity contribution is -0.122. The summed E-state index contributed by atoms with van der Waals surface area (Å²) in [5, 5.41) is 6.89. The average molecular weight is 252 g/mol. The molecule has 0 saturated carbocycles. The Balaban J connectivity index is 0.000000873. The Morgan fingerprint density at radius 1 is 1.28 bits per heavy atom. The highest BCUT2D eigenvalue weighted by molar-refractivity contribution is 5.32. The summed E-state index contributed by atoms with van der Waals surface area (Å²) in [5.41, 5.74) is 2.70. The first kappa shape index (κ1) is 16.6. The lowest BCUT2D eigenvalue weighted by atomic mass is 9.96. The maximum absolute atomic E-state index is 8.36. The van der Waals surface area contributed by atoms with Crippen molar-refractivity contribution in [1.29, 1.82) is 0 Å². The summed E-state index contributed by atoms with van der Waals surface area (Å²) in [7, 11) is 0. The molecule has 0 bridgehead atoms. The van der Waals surface area contributed by atoms with E-state index in [0.29, 0.717) is 5.92 Å². The number of carboxylic acid groups (broad SMARTS) is 1. The summed E-state index contributed by atoms with van der Waals surface area (Å²) in [6.45, 7) is 9.16. The Morgan fingerprint density at radius 2 is 1.83 bits per heavy atom. The standard InChI is InChI=1S/C14H22O.CH2O2/c1-5-11(3)13-8-7-9-14(10-13)12(4)15-6-2;2-1-3/h7-12H,5-6H2,1-4H3;1H,(H,2,3). The van der Waals surface area contributed by atoms with Crippen molar-refractivity contribution >= 4 is 6.47 Å². The van der Waals surface area contributed by atoms with Crippen LogP contribution in [0.25, 0.3) is 0 Å². The van der Waals surface area contributed by atoms with Crippen LogP contribution in [-0.2, 0) is 9.53 Å². The van der Waals surface area contributed by atoms with Crippen LogP contribution in [0.4, 0.5) is 0 Å². The number of benzene rings is 1. The molecule has 2 atom stereocenters. The van der Waals surface area contributed by atoms with Crippen LogP contribution in [0.15, 0.2) is 24.3 Å². The molecule has 0 aromatic heterocycles. The molecular weight excluding hydrogens is 228 g/mol. The van der Waals surface area contributed by atoms with E-state index in [-0.39, 0.29) is 12.6 Å². The van der Waals surface area contributed by atoms with Crippen LogP contribution in [0.1, 0.15) is 57.3 Å². The molecule has 0 saturated heterocycles. The van der Waals surface area contributed by atoms with E-state index in [1.165, 1.54) is 17.5 Å². The van der Waals surface area contributed by atoms with Crippen LogP contribution in [-0.4, -0.2) is 18.2 Å². The molecule has 1 aromatic rings. The van der Waals surface area contributed by atoms with Crippen molar-refractivity contribution in [3.63, 3.8) is 0 Å². The van der Waals surface area contributed by atoms with Crippen molar-refractivity contribution in [2.24, 2.45) is 0 Å². The smallest absolute Gasteiger partial charge is 0.290 e. The fourth-order valence-electron chi connectivity index (χ4n) is 1.70. The SMILES string of the molecule is CCOC(C)c1cccc(C(C)CC)c1.O=CO. The van der Waals surface area contributed by atoms with Crippen LogP contribution in [0.5, 0.6) is 0 Å². The number of rotatable bonds is 5. The summed E-state index contributed by atoms with van der Waals surface area (Å²) < 4.78 is 5.60. The molecule has 1 rings (SSSR count). The second-order valence-electron chi connectivity index (χ2n) is 4.18. The van der Waals surface area contributed by atoms with Gasteiger partial charge in [-0.2, -0.15) is 0 Å². The highest BCUT2D eigenvalue weighted by Crippen LogP contribution is 2.23. The summed E-state index contributed by atoms with van der Waals surface area (Å²) in [6, 6.07) is 8.75. The van der Waals surface area contributed by atoms with E-state index in [1.807, 2.05) is 6.92 Å². The maximum Gasteiger partial charge on any atom is 0.290 e. The first-order valence-electron chi connectivity index (χ1n) is 6.39. The Hall–Kier alpha value is -1.35. The predicted octanol–water partition coefficient (Wildman–Crippen LogP) is 4.00. The molecule has 0 aliphatic heterocycles. The molecule has 3 heteroatoms. The quantitative estimate of drug-likeness (QED) is 0.806. The number of ether oxygens (including phenoxy) is 1. The minimum absolute atomic E-state index is 0.207. The second kappa shape index (κ2) is 9.66. The largest absolute Gasteiger partial charge is 0.483 e. The Labute approximate surface area is 110 Å². The number of hydrogen-bond acceptors (Lipinski definition) is 2. The lowest BCUT2D eigenvalue weighted by Gasteiger charge is -2.15. The molecular formula is C15H24O3. The van der Waals surface area contributed by atoms with E-state index < -0.39 is 0 Å². The molecule has 0 heterocycles. The minimum Gasteiger partial charge on any atom is -0.483 e. The fourth-order valence-corrected chi connectivity index (χ4v) is 1.70. The zero-order chi connectivity index (χ0) is 14.0. The fraction of sp³-hybridized carbons (Fsp3) is 0.533. The van der Waals surface area contributed by atoms with Gasteiger partial charge in [0, 0.05) is 6.61 Å². The predicted molar refractivity (Wildman–Crippen MR) is 73.9 cm³/mol. The van der Waals surface area contributed by atoms with Gasteiger partial charge in [0.2, 0.25) is 0 Å². The van der Waals surface area contributed by atoms with Crippen molar-refractivity contribution in [2.45, 2.75) is 46.1 Å². The van der Waals surface area contributed by atoms with Gasteiger partial charge in [-0.3, -0.25) is 4.79 Å². The monoisotopic (exact) mass is 252 g/mol. The van der Waals surface area contributed by atoms with Crippen LogP contribution in [0, 0.1) is 0 Å². The normalized spacial score (nSPS) is 13.1. The van der Waals surface area contributed by atoms with Gasteiger partial charge in [0.1, 0.15) is 0 Å². The second-order valence-corrected chi connectivity index (χ2v) is 4.18. The molecule has 18 heavy (non-hydrogen) atoms. The number of carbonyl (C=O) groups is 1. The van der Waals surface area contributed by atoms with Gasteiger partial charge in [0.25, 0.3) is 6.47 Å². The van der Waals surface area contributed by atoms with Gasteiger partial charge >= 0.3 is 0 Å². The van der Waals surface area contributed by atoms with Gasteiger partial charge in [-0.05, 0) is 37.3 Å². The number of hydrogen-bond donors (Lipinski definition) is 1. The summed E-state index contributed by atoms with van der Waals surface area (Å²) in [4.78, 5) is 8.36. The molecule has 0 aliphatic rings. The van der Waals surface area contributed by atoms with Crippen molar-refractivity contribution < 1.29 is 14.6 Å². The minimum atomic E-state index is -0.250. The van der Waals surface area contributed by atoms with Crippen LogP contribution in [0.3, 0.4) is 0 Å². The Bertz CT molecular complexity index is 336. The van der Waals surface area contributed by atoms with Gasteiger partial charge in [-0.25, -0.2) is 0 Å². The van der Waals surface area contributed by atoms with Gasteiger partial charge in [-0.1, -0.05) is 38.1 Å². The average Bonchev–Trinajstić information content (AvgIpc) is 2.39. The van der Waals surface area contributed by atoms with E-state index in [2.05, 4.69) is 45.0 Å². The van der Waals surface area contributed by atoms with Crippen LogP contribution in [0.2, 0.25) is 0 Å². The molecule has 0 fully saturated rings. The third-order valence-corrected chi connectivity index (χ3v) is 2.98. The third-order valence-electron chi connectivity index (χ3n) is 2.98. The third kappa shape index (κ3) is 5.82. The van der Waals surface area contributed by atoms with Gasteiger partial charge < -0.3 is 9.84 Å². The molecule has 0 spiro atoms.